The molecular weight excluding hydrogens is 1090 g/mol. The van der Waals surface area contributed by atoms with Crippen LogP contribution in [-0.2, 0) is 38.0 Å². The molecule has 466 valence electrons. The number of cyclic esters (lactones) is 1. The Morgan fingerprint density at radius 1 is 0.771 bits per heavy atom. The molecule has 0 bridgehead atoms. The summed E-state index contributed by atoms with van der Waals surface area (Å²) in [6.45, 7) is 16.9. The average molecular weight is 1190 g/mol. The highest BCUT2D eigenvalue weighted by atomic mass is 31.2. The van der Waals surface area contributed by atoms with E-state index in [1.807, 2.05) is 32.8 Å². The lowest BCUT2D eigenvalue weighted by Crippen LogP contribution is -2.60. The lowest BCUT2D eigenvalue weighted by atomic mass is 9.75. The minimum Gasteiger partial charge on any atom is -0.461 e. The first-order valence-corrected chi connectivity index (χ1v) is 31.9. The van der Waals surface area contributed by atoms with Gasteiger partial charge in [-0.1, -0.05) is 40.5 Å². The van der Waals surface area contributed by atoms with Crippen LogP contribution in [0, 0.1) is 40.6 Å². The van der Waals surface area contributed by atoms with Gasteiger partial charge in [-0.15, -0.1) is 0 Å². The van der Waals surface area contributed by atoms with E-state index in [0.29, 0.717) is 25.4 Å². The molecule has 3 aliphatic heterocycles. The van der Waals surface area contributed by atoms with Crippen LogP contribution in [0.3, 0.4) is 0 Å². The van der Waals surface area contributed by atoms with Crippen LogP contribution >= 0.6 is 7.26 Å². The maximum Gasteiger partial charge on any atom is 0.311 e. The van der Waals surface area contributed by atoms with Crippen molar-refractivity contribution in [3.63, 3.8) is 0 Å². The largest absolute Gasteiger partial charge is 0.461 e. The Balaban J connectivity index is 1.28. The number of nitrogens with zero attached hydrogens (tertiary/aromatic N) is 2. The Kier molecular flexibility index (Phi) is 24.2. The van der Waals surface area contributed by atoms with Gasteiger partial charge in [0.15, 0.2) is 12.6 Å². The zero-order chi connectivity index (χ0) is 61.4. The van der Waals surface area contributed by atoms with Gasteiger partial charge in [0.1, 0.15) is 58.9 Å². The van der Waals surface area contributed by atoms with Crippen LogP contribution in [0.1, 0.15) is 133 Å². The number of aliphatic hydroxyl groups excluding tert-OH is 4. The Morgan fingerprint density at radius 3 is 1.81 bits per heavy atom. The van der Waals surface area contributed by atoms with E-state index in [4.69, 9.17) is 28.4 Å². The molecule has 0 aliphatic carbocycles. The van der Waals surface area contributed by atoms with Gasteiger partial charge in [0.25, 0.3) is 0 Å². The Hall–Kier alpha value is -3.62. The van der Waals surface area contributed by atoms with Crippen molar-refractivity contribution in [1.82, 2.24) is 9.80 Å². The molecule has 0 saturated carbocycles. The molecule has 6 rings (SSSR count). The summed E-state index contributed by atoms with van der Waals surface area (Å²) in [6, 6.07) is 17.8. The SMILES string of the molecule is CC[C@H]1OC(=O)[C@H](C)[C@@H](O[C@H]2C[C@@](C)(OC)[C@@H](O)[C@H](C)O2)[C@H](C)[C@@H](O[C@@H]2O[C@H](C)C[C@H](N(C)C)[C@H]2O)[C@](C)(O)C[C@@H](C)CN(C(=O)CCCCCCC[P+](c2ccc(F)cc2)(c2ccc(F)cc2)c2ccc(F)cc2)[C@H](C)[C@@H](O)[C@]1(C)CO. The summed E-state index contributed by atoms with van der Waals surface area (Å²) < 4.78 is 81.7. The van der Waals surface area contributed by atoms with Crippen molar-refractivity contribution in [2.24, 2.45) is 23.2 Å². The Morgan fingerprint density at radius 2 is 1.30 bits per heavy atom. The summed E-state index contributed by atoms with van der Waals surface area (Å²) in [6.07, 6.45) is -5.36. The summed E-state index contributed by atoms with van der Waals surface area (Å²) in [4.78, 5) is 33.2. The minimum absolute atomic E-state index is 0.0211. The first-order valence-electron chi connectivity index (χ1n) is 29.9. The monoisotopic (exact) mass is 1190 g/mol. The zero-order valence-corrected chi connectivity index (χ0v) is 52.2. The maximum atomic E-state index is 14.9. The molecular formula is C64H97F3N2O13P+. The molecule has 18 atom stereocenters. The molecule has 3 fully saturated rings. The number of hydrogen-bond donors (Lipinski definition) is 5. The van der Waals surface area contributed by atoms with Crippen LogP contribution in [0.15, 0.2) is 72.8 Å². The molecule has 5 N–H and O–H groups in total. The van der Waals surface area contributed by atoms with Crippen molar-refractivity contribution in [3.8, 4) is 0 Å². The molecule has 3 aliphatic rings. The molecule has 1 amide bonds. The second kappa shape index (κ2) is 29.4. The van der Waals surface area contributed by atoms with Crippen LogP contribution in [0.2, 0.25) is 0 Å². The molecule has 3 aromatic carbocycles. The van der Waals surface area contributed by atoms with Crippen molar-refractivity contribution in [2.75, 3.05) is 40.5 Å². The van der Waals surface area contributed by atoms with Gasteiger partial charge in [-0.3, -0.25) is 9.59 Å². The van der Waals surface area contributed by atoms with Gasteiger partial charge >= 0.3 is 5.97 Å². The predicted molar refractivity (Wildman–Crippen MR) is 315 cm³/mol. The fourth-order valence-corrected chi connectivity index (χ4v) is 17.7. The number of likely N-dealkylation sites (N-methyl/N-ethyl adjacent to an activating group) is 1. The van der Waals surface area contributed by atoms with Gasteiger partial charge in [-0.05, 0) is 173 Å². The summed E-state index contributed by atoms with van der Waals surface area (Å²) in [5, 5.41) is 62.5. The quantitative estimate of drug-likeness (QED) is 0.0443. The smallest absolute Gasteiger partial charge is 0.311 e. The minimum atomic E-state index is -2.53. The van der Waals surface area contributed by atoms with Crippen molar-refractivity contribution in [1.29, 1.82) is 0 Å². The third-order valence-corrected chi connectivity index (χ3v) is 22.9. The Bertz CT molecular complexity index is 2400. The van der Waals surface area contributed by atoms with Gasteiger partial charge < -0.3 is 63.8 Å². The number of carbonyl (C=O) groups is 2. The van der Waals surface area contributed by atoms with Crippen molar-refractivity contribution in [3.05, 3.63) is 90.2 Å². The number of halogens is 3. The van der Waals surface area contributed by atoms with E-state index in [1.54, 1.807) is 96.7 Å². The molecule has 3 saturated heterocycles. The highest BCUT2D eigenvalue weighted by Crippen LogP contribution is 2.56. The van der Waals surface area contributed by atoms with Gasteiger partial charge in [0.05, 0.1) is 71.9 Å². The third-order valence-electron chi connectivity index (χ3n) is 18.4. The van der Waals surface area contributed by atoms with E-state index >= 15 is 0 Å². The first-order chi connectivity index (χ1) is 39.1. The number of unbranched alkanes of at least 4 members (excludes halogenated alkanes) is 4. The highest BCUT2D eigenvalue weighted by molar-refractivity contribution is 7.95. The summed E-state index contributed by atoms with van der Waals surface area (Å²) >= 11 is 0. The van der Waals surface area contributed by atoms with E-state index in [2.05, 4.69) is 0 Å². The average Bonchev–Trinajstić information content (AvgIpc) is 3.66. The van der Waals surface area contributed by atoms with Gasteiger partial charge in [-0.2, -0.15) is 0 Å². The second-order valence-electron chi connectivity index (χ2n) is 25.2. The lowest BCUT2D eigenvalue weighted by Gasteiger charge is -2.48. The number of amides is 1. The van der Waals surface area contributed by atoms with Crippen LogP contribution < -0.4 is 15.9 Å². The summed E-state index contributed by atoms with van der Waals surface area (Å²) in [5.74, 6) is -4.61. The molecule has 0 aromatic heterocycles. The normalized spacial score (nSPS) is 35.4. The molecule has 3 heterocycles. The lowest BCUT2D eigenvalue weighted by molar-refractivity contribution is -0.318. The van der Waals surface area contributed by atoms with E-state index < -0.39 is 116 Å². The van der Waals surface area contributed by atoms with Crippen molar-refractivity contribution >= 4 is 35.1 Å². The zero-order valence-electron chi connectivity index (χ0n) is 51.3. The van der Waals surface area contributed by atoms with Gasteiger partial charge in [0.2, 0.25) is 5.91 Å². The molecule has 0 unspecified atom stereocenters. The number of esters is 1. The summed E-state index contributed by atoms with van der Waals surface area (Å²) in [5.41, 5.74) is -4.35. The molecule has 3 aromatic rings. The van der Waals surface area contributed by atoms with Crippen molar-refractivity contribution < 1.29 is 76.7 Å². The standard InChI is InChI=1S/C64H97F3N2O13P/c1-14-52-62(8,38-70)57(73)43(6)69(53(71)20-18-16-15-17-19-33-83(48-27-21-45(65)22-28-48,49-29-23-46(66)24-30-49)50-31-25-47(67)26-32-50)37-39(2)35-63(9,76)59(82-61-55(72)51(68(11)12)34-40(3)78-61)41(4)56(42(5)60(75)80-52)81-54-36-64(10,77-13)58(74)44(7)79-54/h21-32,39-44,51-52,54-59,61,70,72-74,76H,14-20,33-38H2,1-13H3/q+1/t39-,40-,41+,42-,43-,44+,51+,52-,54+,55-,56+,57-,58+,59-,61+,62-,63-,64-/m1/s1. The predicted octanol–water partition coefficient (Wildman–Crippen LogP) is 7.80. The van der Waals surface area contributed by atoms with Gasteiger partial charge in [-0.25, -0.2) is 13.2 Å². The number of hydrogen-bond acceptors (Lipinski definition) is 14. The fraction of sp³-hybridized carbons (Fsp3) is 0.688. The second-order valence-corrected chi connectivity index (χ2v) is 28.8. The molecule has 83 heavy (non-hydrogen) atoms. The van der Waals surface area contributed by atoms with Crippen LogP contribution in [0.4, 0.5) is 13.2 Å². The van der Waals surface area contributed by atoms with Crippen LogP contribution in [0.25, 0.3) is 0 Å². The molecule has 15 nitrogen and oxygen atoms in total. The van der Waals surface area contributed by atoms with E-state index in [1.165, 1.54) is 43.5 Å². The van der Waals surface area contributed by atoms with Crippen LogP contribution in [-0.4, -0.2) is 172 Å². The van der Waals surface area contributed by atoms with E-state index in [0.717, 1.165) is 35.2 Å². The van der Waals surface area contributed by atoms with Gasteiger partial charge in [0, 0.05) is 38.5 Å². The number of aliphatic hydroxyl groups is 5. The summed E-state index contributed by atoms with van der Waals surface area (Å²) in [7, 11) is 2.67. The number of benzene rings is 3. The number of carbonyl (C=O) groups excluding carboxylic acids is 2. The van der Waals surface area contributed by atoms with E-state index in [-0.39, 0.29) is 67.7 Å². The van der Waals surface area contributed by atoms with E-state index in [9.17, 15) is 48.3 Å². The number of ether oxygens (including phenoxy) is 6. The Labute approximate surface area is 491 Å². The maximum absolute atomic E-state index is 14.9. The molecule has 0 radical (unpaired) electrons. The topological polar surface area (TPSA) is 197 Å². The van der Waals surface area contributed by atoms with Crippen molar-refractivity contribution in [2.45, 2.75) is 218 Å². The third kappa shape index (κ3) is 15.9. The number of rotatable bonds is 19. The fourth-order valence-electron chi connectivity index (χ4n) is 13.4. The van der Waals surface area contributed by atoms with Crippen LogP contribution in [0.5, 0.6) is 0 Å². The first kappa shape index (κ1) is 68.5. The molecule has 19 heteroatoms. The number of methoxy groups -OCH3 is 1. The highest BCUT2D eigenvalue weighted by Gasteiger charge is 2.54. The molecule has 0 spiro atoms.